The summed E-state index contributed by atoms with van der Waals surface area (Å²) >= 11 is 0. The van der Waals surface area contributed by atoms with Crippen LogP contribution in [0.1, 0.15) is 0 Å². The predicted octanol–water partition coefficient (Wildman–Crippen LogP) is 2.50. The van der Waals surface area contributed by atoms with E-state index in [1.807, 2.05) is 18.2 Å². The van der Waals surface area contributed by atoms with Crippen LogP contribution in [-0.2, 0) is 0 Å². The molecule has 52 valence electrons. The van der Waals surface area contributed by atoms with Gasteiger partial charge >= 0.3 is 0 Å². The molecule has 0 aromatic rings. The van der Waals surface area contributed by atoms with Gasteiger partial charge in [-0.15, -0.1) is 0 Å². The Morgan fingerprint density at radius 3 is 2.30 bits per heavy atom. The van der Waals surface area contributed by atoms with Crippen molar-refractivity contribution in [2.24, 2.45) is 4.99 Å². The van der Waals surface area contributed by atoms with Crippen molar-refractivity contribution >= 4 is 6.72 Å². The van der Waals surface area contributed by atoms with Gasteiger partial charge in [-0.2, -0.15) is 0 Å². The van der Waals surface area contributed by atoms with Gasteiger partial charge in [-0.05, 0) is 18.9 Å². The first-order valence-electron chi connectivity index (χ1n) is 2.93. The van der Waals surface area contributed by atoms with Crippen molar-refractivity contribution in [2.45, 2.75) is 0 Å². The topological polar surface area (TPSA) is 12.4 Å². The van der Waals surface area contributed by atoms with Crippen molar-refractivity contribution < 1.29 is 0 Å². The molecule has 0 unspecified atom stereocenters. The van der Waals surface area contributed by atoms with Crippen LogP contribution < -0.4 is 0 Å². The van der Waals surface area contributed by atoms with Crippen LogP contribution in [-0.4, -0.2) is 6.72 Å². The molecule has 1 heteroatoms. The zero-order valence-corrected chi connectivity index (χ0v) is 5.96. The van der Waals surface area contributed by atoms with E-state index in [9.17, 15) is 0 Å². The summed E-state index contributed by atoms with van der Waals surface area (Å²) in [6, 6.07) is 0. The van der Waals surface area contributed by atoms with Crippen LogP contribution in [0.4, 0.5) is 0 Å². The zero-order valence-electron chi connectivity index (χ0n) is 5.96. The SMILES string of the molecule is C=C/C=C\C=C(/C=C)N=C. The van der Waals surface area contributed by atoms with Crippen LogP contribution in [0.2, 0.25) is 0 Å². The van der Waals surface area contributed by atoms with Gasteiger partial charge in [0, 0.05) is 0 Å². The molecule has 0 amide bonds. The molecule has 0 rings (SSSR count). The highest BCUT2D eigenvalue weighted by atomic mass is 14.7. The predicted molar refractivity (Wildman–Crippen MR) is 47.2 cm³/mol. The Bertz CT molecular complexity index is 175. The van der Waals surface area contributed by atoms with Gasteiger partial charge in [0.25, 0.3) is 0 Å². The Kier molecular flexibility index (Phi) is 4.97. The van der Waals surface area contributed by atoms with Crippen molar-refractivity contribution in [3.8, 4) is 0 Å². The molecule has 0 N–H and O–H groups in total. The monoisotopic (exact) mass is 133 g/mol. The summed E-state index contributed by atoms with van der Waals surface area (Å²) < 4.78 is 0. The lowest BCUT2D eigenvalue weighted by molar-refractivity contribution is 1.45. The molecule has 0 fully saturated rings. The van der Waals surface area contributed by atoms with Crippen LogP contribution >= 0.6 is 0 Å². The molecule has 0 radical (unpaired) electrons. The summed E-state index contributed by atoms with van der Waals surface area (Å²) in [5.74, 6) is 0. The Balaban J connectivity index is 4.10. The quantitative estimate of drug-likeness (QED) is 0.412. The lowest BCUT2D eigenvalue weighted by atomic mass is 10.3. The van der Waals surface area contributed by atoms with E-state index < -0.39 is 0 Å². The molecule has 1 nitrogen and oxygen atoms in total. The van der Waals surface area contributed by atoms with Crippen LogP contribution in [0.5, 0.6) is 0 Å². The van der Waals surface area contributed by atoms with Crippen molar-refractivity contribution in [1.29, 1.82) is 0 Å². The second kappa shape index (κ2) is 5.76. The molecular weight excluding hydrogens is 122 g/mol. The number of allylic oxidation sites excluding steroid dienone is 5. The van der Waals surface area contributed by atoms with E-state index in [4.69, 9.17) is 0 Å². The third-order valence-corrected chi connectivity index (χ3v) is 0.906. The third-order valence-electron chi connectivity index (χ3n) is 0.906. The molecule has 0 atom stereocenters. The lowest BCUT2D eigenvalue weighted by Gasteiger charge is -1.84. The van der Waals surface area contributed by atoms with Gasteiger partial charge in [-0.3, -0.25) is 4.99 Å². The van der Waals surface area contributed by atoms with Crippen molar-refractivity contribution in [3.05, 3.63) is 49.2 Å². The molecule has 0 aliphatic carbocycles. The van der Waals surface area contributed by atoms with Crippen molar-refractivity contribution in [2.75, 3.05) is 0 Å². The fourth-order valence-electron chi connectivity index (χ4n) is 0.418. The van der Waals surface area contributed by atoms with Crippen LogP contribution in [0, 0.1) is 0 Å². The third kappa shape index (κ3) is 3.61. The van der Waals surface area contributed by atoms with E-state index in [0.29, 0.717) is 0 Å². The normalized spacial score (nSPS) is 11.4. The highest BCUT2D eigenvalue weighted by Crippen LogP contribution is 1.95. The maximum absolute atomic E-state index is 3.69. The summed E-state index contributed by atoms with van der Waals surface area (Å²) in [5, 5.41) is 0. The molecule has 0 saturated heterocycles. The number of hydrogen-bond donors (Lipinski definition) is 0. The van der Waals surface area contributed by atoms with Gasteiger partial charge in [0.15, 0.2) is 0 Å². The fourth-order valence-corrected chi connectivity index (χ4v) is 0.418. The highest BCUT2D eigenvalue weighted by molar-refractivity contribution is 5.34. The first-order valence-corrected chi connectivity index (χ1v) is 2.93. The van der Waals surface area contributed by atoms with Gasteiger partial charge in [-0.1, -0.05) is 31.4 Å². The molecule has 0 aliphatic heterocycles. The van der Waals surface area contributed by atoms with Gasteiger partial charge in [-0.25, -0.2) is 0 Å². The average Bonchev–Trinajstić information content (AvgIpc) is 1.99. The Hall–Kier alpha value is -1.37. The molecule has 0 aliphatic rings. The summed E-state index contributed by atoms with van der Waals surface area (Å²) in [4.78, 5) is 3.69. The molecule has 0 heterocycles. The van der Waals surface area contributed by atoms with Crippen molar-refractivity contribution in [3.63, 3.8) is 0 Å². The first-order chi connectivity index (χ1) is 4.85. The molecular formula is C9H11N. The largest absolute Gasteiger partial charge is 0.265 e. The number of nitrogens with zero attached hydrogens (tertiary/aromatic N) is 1. The molecule has 0 spiro atoms. The maximum atomic E-state index is 3.69. The van der Waals surface area contributed by atoms with Crippen LogP contribution in [0.15, 0.2) is 54.2 Å². The number of rotatable bonds is 4. The molecule has 0 aromatic carbocycles. The van der Waals surface area contributed by atoms with E-state index in [0.717, 1.165) is 5.70 Å². The van der Waals surface area contributed by atoms with Gasteiger partial charge in [0.2, 0.25) is 0 Å². The van der Waals surface area contributed by atoms with Crippen LogP contribution in [0.25, 0.3) is 0 Å². The summed E-state index contributed by atoms with van der Waals surface area (Å²) in [5.41, 5.74) is 0.762. The summed E-state index contributed by atoms with van der Waals surface area (Å²) in [6.07, 6.45) is 8.79. The summed E-state index contributed by atoms with van der Waals surface area (Å²) in [7, 11) is 0. The first kappa shape index (κ1) is 8.63. The average molecular weight is 133 g/mol. The minimum atomic E-state index is 0.762. The second-order valence-corrected chi connectivity index (χ2v) is 1.57. The molecule has 0 aromatic heterocycles. The molecule has 10 heavy (non-hydrogen) atoms. The number of hydrogen-bond acceptors (Lipinski definition) is 1. The molecule has 0 saturated carbocycles. The van der Waals surface area contributed by atoms with Gasteiger partial charge in [0.05, 0.1) is 5.70 Å². The Morgan fingerprint density at radius 2 is 1.90 bits per heavy atom. The zero-order chi connectivity index (χ0) is 7.82. The Morgan fingerprint density at radius 1 is 1.20 bits per heavy atom. The highest BCUT2D eigenvalue weighted by Gasteiger charge is 1.76. The van der Waals surface area contributed by atoms with Gasteiger partial charge in [0.1, 0.15) is 0 Å². The minimum absolute atomic E-state index is 0.762. The van der Waals surface area contributed by atoms with E-state index in [-0.39, 0.29) is 0 Å². The number of aliphatic imine (C=N–C) groups is 1. The maximum Gasteiger partial charge on any atom is 0.0616 e. The van der Waals surface area contributed by atoms with E-state index in [1.165, 1.54) is 0 Å². The Labute approximate surface area is 61.8 Å². The lowest BCUT2D eigenvalue weighted by Crippen LogP contribution is -1.65. The van der Waals surface area contributed by atoms with E-state index >= 15 is 0 Å². The summed E-state index contributed by atoms with van der Waals surface area (Å²) in [6.45, 7) is 10.4. The smallest absolute Gasteiger partial charge is 0.0616 e. The van der Waals surface area contributed by atoms with Crippen LogP contribution in [0.3, 0.4) is 0 Å². The van der Waals surface area contributed by atoms with Crippen molar-refractivity contribution in [1.82, 2.24) is 0 Å². The van der Waals surface area contributed by atoms with E-state index in [2.05, 4.69) is 24.9 Å². The fraction of sp³-hybridized carbons (Fsp3) is 0. The molecule has 0 bridgehead atoms. The second-order valence-electron chi connectivity index (χ2n) is 1.57. The van der Waals surface area contributed by atoms with E-state index in [1.54, 1.807) is 12.2 Å². The minimum Gasteiger partial charge on any atom is -0.265 e. The van der Waals surface area contributed by atoms with Gasteiger partial charge < -0.3 is 0 Å². The standard InChI is InChI=1S/C9H11N/c1-4-6-7-8-9(5-2)10-3/h4-8H,1-3H2/b7-6-,9-8+.